The summed E-state index contributed by atoms with van der Waals surface area (Å²) in [5.74, 6) is -1.44. The Hall–Kier alpha value is -1.92. The molecule has 0 amide bonds. The molecule has 1 aromatic carbocycles. The lowest BCUT2D eigenvalue weighted by molar-refractivity contribution is -0.274. The number of carbonyl (C=O) groups is 1. The van der Waals surface area contributed by atoms with Crippen LogP contribution < -0.4 is 10.1 Å². The Balaban J connectivity index is 2.82. The van der Waals surface area contributed by atoms with Crippen molar-refractivity contribution >= 4 is 11.7 Å². The molecule has 0 bridgehead atoms. The highest BCUT2D eigenvalue weighted by molar-refractivity contribution is 5.74. The smallest absolute Gasteiger partial charge is 0.481 e. The molecule has 19 heavy (non-hydrogen) atoms. The number of benzene rings is 1. The van der Waals surface area contributed by atoms with E-state index in [1.165, 1.54) is 32.0 Å². The van der Waals surface area contributed by atoms with Crippen molar-refractivity contribution in [3.63, 3.8) is 0 Å². The minimum atomic E-state index is -4.79. The fourth-order valence-electron chi connectivity index (χ4n) is 1.22. The van der Waals surface area contributed by atoms with Crippen LogP contribution in [0.2, 0.25) is 0 Å². The second-order valence-corrected chi connectivity index (χ2v) is 4.59. The fourth-order valence-corrected chi connectivity index (χ4v) is 1.22. The summed E-state index contributed by atoms with van der Waals surface area (Å²) in [6.07, 6.45) is -4.79. The summed E-state index contributed by atoms with van der Waals surface area (Å²) >= 11 is 0. The van der Waals surface area contributed by atoms with Crippen LogP contribution >= 0.6 is 0 Å². The molecule has 106 valence electrons. The van der Waals surface area contributed by atoms with Gasteiger partial charge >= 0.3 is 12.3 Å². The van der Waals surface area contributed by atoms with E-state index in [9.17, 15) is 18.0 Å². The third-order valence-corrected chi connectivity index (χ3v) is 2.41. The molecule has 0 saturated carbocycles. The summed E-state index contributed by atoms with van der Waals surface area (Å²) in [6, 6.07) is 5.47. The quantitative estimate of drug-likeness (QED) is 0.868. The number of aliphatic carboxylic acids is 1. The van der Waals surface area contributed by atoms with Gasteiger partial charge in [-0.2, -0.15) is 0 Å². The summed E-state index contributed by atoms with van der Waals surface area (Å²) in [5, 5.41) is 11.6. The van der Waals surface area contributed by atoms with Crippen LogP contribution in [0.3, 0.4) is 0 Å². The minimum Gasteiger partial charge on any atom is -0.481 e. The van der Waals surface area contributed by atoms with Crippen molar-refractivity contribution < 1.29 is 27.8 Å². The van der Waals surface area contributed by atoms with Crippen molar-refractivity contribution in [1.82, 2.24) is 0 Å². The zero-order valence-corrected chi connectivity index (χ0v) is 10.4. The van der Waals surface area contributed by atoms with Crippen LogP contribution in [0.1, 0.15) is 13.8 Å². The molecule has 0 aliphatic rings. The number of hydrogen-bond acceptors (Lipinski definition) is 3. The SMILES string of the molecule is CC(C)(CNc1ccccc1OC(F)(F)F)C(=O)O. The summed E-state index contributed by atoms with van der Waals surface area (Å²) in [6.45, 7) is 2.91. The highest BCUT2D eigenvalue weighted by atomic mass is 19.4. The van der Waals surface area contributed by atoms with Crippen LogP contribution in [-0.4, -0.2) is 24.0 Å². The Bertz CT molecular complexity index is 458. The van der Waals surface area contributed by atoms with Gasteiger partial charge in [0.1, 0.15) is 0 Å². The van der Waals surface area contributed by atoms with Gasteiger partial charge in [0.2, 0.25) is 0 Å². The molecule has 0 fully saturated rings. The minimum absolute atomic E-state index is 0.0272. The highest BCUT2D eigenvalue weighted by Crippen LogP contribution is 2.30. The van der Waals surface area contributed by atoms with E-state index in [0.29, 0.717) is 0 Å². The lowest BCUT2D eigenvalue weighted by Crippen LogP contribution is -2.32. The molecule has 0 heterocycles. The van der Waals surface area contributed by atoms with E-state index in [2.05, 4.69) is 10.1 Å². The molecule has 0 aliphatic heterocycles. The molecule has 2 N–H and O–H groups in total. The highest BCUT2D eigenvalue weighted by Gasteiger charge is 2.32. The predicted octanol–water partition coefficient (Wildman–Crippen LogP) is 3.11. The molecule has 0 spiro atoms. The van der Waals surface area contributed by atoms with Crippen LogP contribution in [0, 0.1) is 5.41 Å². The number of ether oxygens (including phenoxy) is 1. The Morgan fingerprint density at radius 2 is 1.89 bits per heavy atom. The van der Waals surface area contributed by atoms with Gasteiger partial charge in [-0.25, -0.2) is 0 Å². The molecule has 1 aromatic rings. The molecule has 0 aliphatic carbocycles. The molecule has 0 aromatic heterocycles. The molecule has 7 heteroatoms. The number of rotatable bonds is 5. The number of para-hydroxylation sites is 2. The maximum Gasteiger partial charge on any atom is 0.573 e. The van der Waals surface area contributed by atoms with Gasteiger partial charge in [-0.1, -0.05) is 12.1 Å². The van der Waals surface area contributed by atoms with Gasteiger partial charge in [0.25, 0.3) is 0 Å². The molecule has 0 unspecified atom stereocenters. The summed E-state index contributed by atoms with van der Waals surface area (Å²) < 4.78 is 40.4. The van der Waals surface area contributed by atoms with Crippen molar-refractivity contribution in [1.29, 1.82) is 0 Å². The maximum atomic E-state index is 12.2. The second-order valence-electron chi connectivity index (χ2n) is 4.59. The first-order valence-electron chi connectivity index (χ1n) is 5.44. The zero-order chi connectivity index (χ0) is 14.7. The van der Waals surface area contributed by atoms with Gasteiger partial charge in [-0.3, -0.25) is 4.79 Å². The van der Waals surface area contributed by atoms with Gasteiger partial charge in [0.15, 0.2) is 5.75 Å². The van der Waals surface area contributed by atoms with Crippen molar-refractivity contribution in [3.05, 3.63) is 24.3 Å². The fraction of sp³-hybridized carbons (Fsp3) is 0.417. The first kappa shape index (κ1) is 15.1. The van der Waals surface area contributed by atoms with Crippen LogP contribution in [0.25, 0.3) is 0 Å². The van der Waals surface area contributed by atoms with E-state index in [-0.39, 0.29) is 12.2 Å². The molecule has 0 saturated heterocycles. The third kappa shape index (κ3) is 4.69. The number of nitrogens with one attached hydrogen (secondary N) is 1. The van der Waals surface area contributed by atoms with Crippen molar-refractivity contribution in [2.75, 3.05) is 11.9 Å². The maximum absolute atomic E-state index is 12.2. The van der Waals surface area contributed by atoms with E-state index >= 15 is 0 Å². The van der Waals surface area contributed by atoms with Gasteiger partial charge < -0.3 is 15.2 Å². The lowest BCUT2D eigenvalue weighted by Gasteiger charge is -2.21. The second kappa shape index (κ2) is 5.38. The number of alkyl halides is 3. The largest absolute Gasteiger partial charge is 0.573 e. The Morgan fingerprint density at radius 3 is 2.42 bits per heavy atom. The lowest BCUT2D eigenvalue weighted by atomic mass is 9.94. The normalized spacial score (nSPS) is 12.1. The van der Waals surface area contributed by atoms with E-state index < -0.39 is 23.5 Å². The molecule has 0 atom stereocenters. The van der Waals surface area contributed by atoms with Crippen LogP contribution in [0.5, 0.6) is 5.75 Å². The van der Waals surface area contributed by atoms with E-state index in [4.69, 9.17) is 5.11 Å². The van der Waals surface area contributed by atoms with Gasteiger partial charge in [0, 0.05) is 6.54 Å². The van der Waals surface area contributed by atoms with Gasteiger partial charge in [0.05, 0.1) is 11.1 Å². The Kier molecular flexibility index (Phi) is 4.28. The number of hydrogen-bond donors (Lipinski definition) is 2. The van der Waals surface area contributed by atoms with Gasteiger partial charge in [-0.15, -0.1) is 13.2 Å². The zero-order valence-electron chi connectivity index (χ0n) is 10.4. The number of carboxylic acid groups (broad SMARTS) is 1. The molecular weight excluding hydrogens is 263 g/mol. The standard InChI is InChI=1S/C12H14F3NO3/c1-11(2,10(17)18)7-16-8-5-3-4-6-9(8)19-12(13,14)15/h3-6,16H,7H2,1-2H3,(H,17,18). The number of carboxylic acids is 1. The number of halogens is 3. The Labute approximate surface area is 108 Å². The average Bonchev–Trinajstić information content (AvgIpc) is 2.25. The van der Waals surface area contributed by atoms with Crippen molar-refractivity contribution in [3.8, 4) is 5.75 Å². The third-order valence-electron chi connectivity index (χ3n) is 2.41. The Morgan fingerprint density at radius 1 is 1.32 bits per heavy atom. The molecule has 1 rings (SSSR count). The summed E-state index contributed by atoms with van der Waals surface area (Å²) in [7, 11) is 0. The van der Waals surface area contributed by atoms with Crippen LogP contribution in [0.4, 0.5) is 18.9 Å². The average molecular weight is 277 g/mol. The molecule has 4 nitrogen and oxygen atoms in total. The van der Waals surface area contributed by atoms with Gasteiger partial charge in [-0.05, 0) is 26.0 Å². The first-order chi connectivity index (χ1) is 8.62. The van der Waals surface area contributed by atoms with E-state index in [0.717, 1.165) is 6.07 Å². The number of anilines is 1. The summed E-state index contributed by atoms with van der Waals surface area (Å²) in [5.41, 5.74) is -1.01. The topological polar surface area (TPSA) is 58.6 Å². The van der Waals surface area contributed by atoms with E-state index in [1.54, 1.807) is 0 Å². The van der Waals surface area contributed by atoms with Crippen LogP contribution in [0.15, 0.2) is 24.3 Å². The van der Waals surface area contributed by atoms with Crippen LogP contribution in [-0.2, 0) is 4.79 Å². The van der Waals surface area contributed by atoms with Crippen molar-refractivity contribution in [2.45, 2.75) is 20.2 Å². The monoisotopic (exact) mass is 277 g/mol. The van der Waals surface area contributed by atoms with E-state index in [1.807, 2.05) is 0 Å². The predicted molar refractivity (Wildman–Crippen MR) is 63.0 cm³/mol. The summed E-state index contributed by atoms with van der Waals surface area (Å²) in [4.78, 5) is 10.9. The first-order valence-corrected chi connectivity index (χ1v) is 5.44. The van der Waals surface area contributed by atoms with Crippen molar-refractivity contribution in [2.24, 2.45) is 5.41 Å². The molecule has 0 radical (unpaired) electrons. The molecular formula is C12H14F3NO3.